The van der Waals surface area contributed by atoms with Crippen LogP contribution in [0, 0.1) is 10.8 Å². The quantitative estimate of drug-likeness (QED) is 0.401. The summed E-state index contributed by atoms with van der Waals surface area (Å²) in [4.78, 5) is 0. The number of hydrogen-bond donors (Lipinski definition) is 4. The lowest BCUT2D eigenvalue weighted by Crippen LogP contribution is -2.32. The summed E-state index contributed by atoms with van der Waals surface area (Å²) in [6.45, 7) is 0. The molecular weight excluding hydrogens is 164 g/mol. The molecule has 0 radical (unpaired) electrons. The number of hydrogen-bond acceptors (Lipinski definition) is 2. The zero-order valence-corrected chi connectivity index (χ0v) is 7.12. The average molecular weight is 176 g/mol. The molecule has 0 spiro atoms. The molecule has 0 aliphatic rings. The summed E-state index contributed by atoms with van der Waals surface area (Å²) in [6, 6.07) is 9.12. The second kappa shape index (κ2) is 3.71. The third-order valence-electron chi connectivity index (χ3n) is 1.75. The fourth-order valence-electron chi connectivity index (χ4n) is 1.17. The molecule has 68 valence electrons. The second-order valence-electron chi connectivity index (χ2n) is 2.75. The van der Waals surface area contributed by atoms with Gasteiger partial charge in [-0.25, -0.2) is 0 Å². The zero-order valence-electron chi connectivity index (χ0n) is 7.12. The molecule has 13 heavy (non-hydrogen) atoms. The largest absolute Gasteiger partial charge is 0.387 e. The first-order valence-corrected chi connectivity index (χ1v) is 3.85. The topological polar surface area (TPSA) is 99.7 Å². The van der Waals surface area contributed by atoms with E-state index in [4.69, 9.17) is 22.3 Å². The molecule has 4 nitrogen and oxygen atoms in total. The van der Waals surface area contributed by atoms with Gasteiger partial charge in [-0.05, 0) is 5.56 Å². The minimum atomic E-state index is -0.582. The van der Waals surface area contributed by atoms with Gasteiger partial charge in [0.15, 0.2) is 0 Å². The highest BCUT2D eigenvalue weighted by molar-refractivity contribution is 6.06. The molecular formula is C9H12N4. The average Bonchev–Trinajstić information content (AvgIpc) is 2.04. The Bertz CT molecular complexity index is 304. The minimum absolute atomic E-state index is 0.0984. The summed E-state index contributed by atoms with van der Waals surface area (Å²) >= 11 is 0. The van der Waals surface area contributed by atoms with Gasteiger partial charge in [0.25, 0.3) is 0 Å². The van der Waals surface area contributed by atoms with E-state index in [2.05, 4.69) is 0 Å². The van der Waals surface area contributed by atoms with Crippen LogP contribution in [0.2, 0.25) is 0 Å². The Balaban J connectivity index is 3.03. The standard InChI is InChI=1S/C9H12N4/c10-8(11)7(9(12)13)6-4-2-1-3-5-6/h1-5,7H,(H3,10,11)(H3,12,13). The zero-order chi connectivity index (χ0) is 9.84. The van der Waals surface area contributed by atoms with Crippen LogP contribution in [0.15, 0.2) is 30.3 Å². The van der Waals surface area contributed by atoms with Crippen molar-refractivity contribution in [1.29, 1.82) is 10.8 Å². The van der Waals surface area contributed by atoms with Crippen LogP contribution >= 0.6 is 0 Å². The van der Waals surface area contributed by atoms with Crippen molar-refractivity contribution >= 4 is 11.7 Å². The monoisotopic (exact) mass is 176 g/mol. The Labute approximate surface area is 76.6 Å². The van der Waals surface area contributed by atoms with Crippen molar-refractivity contribution in [1.82, 2.24) is 0 Å². The van der Waals surface area contributed by atoms with Gasteiger partial charge in [0.2, 0.25) is 0 Å². The molecule has 4 heteroatoms. The first-order chi connectivity index (χ1) is 6.13. The highest BCUT2D eigenvalue weighted by atomic mass is 14.8. The highest BCUT2D eigenvalue weighted by Crippen LogP contribution is 2.14. The smallest absolute Gasteiger partial charge is 0.106 e. The summed E-state index contributed by atoms with van der Waals surface area (Å²) in [5.74, 6) is -0.779. The fourth-order valence-corrected chi connectivity index (χ4v) is 1.17. The molecule has 1 rings (SSSR count). The number of rotatable bonds is 3. The second-order valence-corrected chi connectivity index (χ2v) is 2.75. The van der Waals surface area contributed by atoms with Gasteiger partial charge in [0.1, 0.15) is 11.7 Å². The maximum absolute atomic E-state index is 7.28. The van der Waals surface area contributed by atoms with Crippen LogP contribution < -0.4 is 11.5 Å². The van der Waals surface area contributed by atoms with Crippen LogP contribution in [-0.4, -0.2) is 11.7 Å². The van der Waals surface area contributed by atoms with Crippen LogP contribution in [0.3, 0.4) is 0 Å². The van der Waals surface area contributed by atoms with Crippen LogP contribution in [-0.2, 0) is 0 Å². The van der Waals surface area contributed by atoms with Crippen molar-refractivity contribution in [2.45, 2.75) is 5.92 Å². The Hall–Kier alpha value is -1.84. The number of nitrogens with one attached hydrogen (secondary N) is 2. The predicted molar refractivity (Wildman–Crippen MR) is 53.0 cm³/mol. The van der Waals surface area contributed by atoms with E-state index in [0.29, 0.717) is 0 Å². The molecule has 0 fully saturated rings. The summed E-state index contributed by atoms with van der Waals surface area (Å²) in [5, 5.41) is 14.6. The summed E-state index contributed by atoms with van der Waals surface area (Å²) in [6.07, 6.45) is 0. The molecule has 0 aliphatic carbocycles. The van der Waals surface area contributed by atoms with E-state index in [0.717, 1.165) is 5.56 Å². The van der Waals surface area contributed by atoms with Gasteiger partial charge in [-0.3, -0.25) is 10.8 Å². The van der Waals surface area contributed by atoms with E-state index < -0.39 is 5.92 Å². The van der Waals surface area contributed by atoms with Crippen LogP contribution in [0.1, 0.15) is 11.5 Å². The molecule has 0 saturated heterocycles. The van der Waals surface area contributed by atoms with E-state index in [1.54, 1.807) is 12.1 Å². The normalized spacial score (nSPS) is 12.0. The predicted octanol–water partition coefficient (Wildman–Crippen LogP) is 0.642. The lowest BCUT2D eigenvalue weighted by Gasteiger charge is -2.13. The summed E-state index contributed by atoms with van der Waals surface area (Å²) in [7, 11) is 0. The first kappa shape index (κ1) is 9.25. The Morgan fingerprint density at radius 3 is 1.85 bits per heavy atom. The number of amidine groups is 2. The Morgan fingerprint density at radius 2 is 1.46 bits per heavy atom. The van der Waals surface area contributed by atoms with Crippen molar-refractivity contribution in [3.05, 3.63) is 35.9 Å². The molecule has 0 heterocycles. The minimum Gasteiger partial charge on any atom is -0.387 e. The van der Waals surface area contributed by atoms with E-state index in [-0.39, 0.29) is 11.7 Å². The van der Waals surface area contributed by atoms with E-state index >= 15 is 0 Å². The van der Waals surface area contributed by atoms with Crippen molar-refractivity contribution in [3.8, 4) is 0 Å². The van der Waals surface area contributed by atoms with Gasteiger partial charge in [0.05, 0.1) is 5.92 Å². The lowest BCUT2D eigenvalue weighted by atomic mass is 9.97. The van der Waals surface area contributed by atoms with Crippen molar-refractivity contribution in [2.75, 3.05) is 0 Å². The van der Waals surface area contributed by atoms with Gasteiger partial charge in [-0.15, -0.1) is 0 Å². The SMILES string of the molecule is N=C(N)C(C(=N)N)c1ccccc1. The summed E-state index contributed by atoms with van der Waals surface area (Å²) < 4.78 is 0. The molecule has 0 aliphatic heterocycles. The molecule has 0 atom stereocenters. The van der Waals surface area contributed by atoms with Crippen LogP contribution in [0.4, 0.5) is 0 Å². The van der Waals surface area contributed by atoms with Gasteiger partial charge < -0.3 is 11.5 Å². The first-order valence-electron chi connectivity index (χ1n) is 3.85. The van der Waals surface area contributed by atoms with E-state index in [1.165, 1.54) is 0 Å². The van der Waals surface area contributed by atoms with E-state index in [1.807, 2.05) is 18.2 Å². The third-order valence-corrected chi connectivity index (χ3v) is 1.75. The number of nitrogens with two attached hydrogens (primary N) is 2. The molecule has 0 aromatic heterocycles. The maximum Gasteiger partial charge on any atom is 0.106 e. The van der Waals surface area contributed by atoms with Gasteiger partial charge in [-0.2, -0.15) is 0 Å². The van der Waals surface area contributed by atoms with Gasteiger partial charge in [-0.1, -0.05) is 30.3 Å². The van der Waals surface area contributed by atoms with E-state index in [9.17, 15) is 0 Å². The molecule has 0 saturated carbocycles. The van der Waals surface area contributed by atoms with Crippen molar-refractivity contribution in [2.24, 2.45) is 11.5 Å². The summed E-state index contributed by atoms with van der Waals surface area (Å²) in [5.41, 5.74) is 11.4. The maximum atomic E-state index is 7.28. The molecule has 0 amide bonds. The lowest BCUT2D eigenvalue weighted by molar-refractivity contribution is 1.11. The molecule has 0 unspecified atom stereocenters. The molecule has 0 bridgehead atoms. The highest BCUT2D eigenvalue weighted by Gasteiger charge is 2.17. The van der Waals surface area contributed by atoms with Gasteiger partial charge >= 0.3 is 0 Å². The van der Waals surface area contributed by atoms with Crippen LogP contribution in [0.25, 0.3) is 0 Å². The Morgan fingerprint density at radius 1 is 1.00 bits per heavy atom. The van der Waals surface area contributed by atoms with Crippen LogP contribution in [0.5, 0.6) is 0 Å². The third kappa shape index (κ3) is 2.05. The van der Waals surface area contributed by atoms with Crippen molar-refractivity contribution in [3.63, 3.8) is 0 Å². The molecule has 6 N–H and O–H groups in total. The van der Waals surface area contributed by atoms with Gasteiger partial charge in [0, 0.05) is 0 Å². The Kier molecular flexibility index (Phi) is 2.64. The number of benzene rings is 1. The fraction of sp³-hybridized carbons (Fsp3) is 0.111. The molecule has 1 aromatic rings. The molecule has 1 aromatic carbocycles. The van der Waals surface area contributed by atoms with Crippen molar-refractivity contribution < 1.29 is 0 Å².